The molecule has 6 heteroatoms. The Morgan fingerprint density at radius 3 is 2.33 bits per heavy atom. The minimum Gasteiger partial charge on any atom is -0.298 e. The maximum atomic E-state index is 11.5. The van der Waals surface area contributed by atoms with Crippen molar-refractivity contribution in [2.24, 2.45) is 0 Å². The van der Waals surface area contributed by atoms with Crippen molar-refractivity contribution in [3.63, 3.8) is 0 Å². The molecule has 0 aromatic carbocycles. The van der Waals surface area contributed by atoms with Crippen molar-refractivity contribution < 1.29 is 13.2 Å². The van der Waals surface area contributed by atoms with Crippen molar-refractivity contribution >= 4 is 15.8 Å². The lowest BCUT2D eigenvalue weighted by Gasteiger charge is -2.14. The van der Waals surface area contributed by atoms with Crippen molar-refractivity contribution in [1.82, 2.24) is 4.72 Å². The highest BCUT2D eigenvalue weighted by atomic mass is 32.2. The Morgan fingerprint density at radius 2 is 2.00 bits per heavy atom. The predicted octanol–water partition coefficient (Wildman–Crippen LogP) is 0.576. The van der Waals surface area contributed by atoms with E-state index in [9.17, 15) is 13.2 Å². The molecule has 0 aromatic heterocycles. The first kappa shape index (κ1) is 14.1. The summed E-state index contributed by atoms with van der Waals surface area (Å²) < 4.78 is 25.3. The summed E-state index contributed by atoms with van der Waals surface area (Å²) in [6.45, 7) is 4.75. The molecule has 0 aromatic rings. The first-order valence-corrected chi connectivity index (χ1v) is 6.37. The first-order chi connectivity index (χ1) is 6.88. The van der Waals surface area contributed by atoms with Crippen molar-refractivity contribution in [1.29, 1.82) is 5.26 Å². The van der Waals surface area contributed by atoms with Crippen molar-refractivity contribution in [3.05, 3.63) is 0 Å². The van der Waals surface area contributed by atoms with E-state index in [1.54, 1.807) is 19.9 Å². The lowest BCUT2D eigenvalue weighted by molar-refractivity contribution is -0.119. The van der Waals surface area contributed by atoms with Gasteiger partial charge in [-0.15, -0.1) is 0 Å². The summed E-state index contributed by atoms with van der Waals surface area (Å²) in [5.41, 5.74) is 0. The van der Waals surface area contributed by atoms with Crippen LogP contribution in [0.15, 0.2) is 0 Å². The van der Waals surface area contributed by atoms with E-state index in [-0.39, 0.29) is 18.6 Å². The Bertz CT molecular complexity index is 356. The molecule has 0 radical (unpaired) electrons. The minimum absolute atomic E-state index is 0.189. The quantitative estimate of drug-likeness (QED) is 0.725. The van der Waals surface area contributed by atoms with E-state index in [1.807, 2.05) is 0 Å². The van der Waals surface area contributed by atoms with Crippen LogP contribution in [0, 0.1) is 11.3 Å². The third-order valence-electron chi connectivity index (χ3n) is 2.06. The number of nitrogens with one attached hydrogen (secondary N) is 1. The molecule has 86 valence electrons. The van der Waals surface area contributed by atoms with E-state index in [4.69, 9.17) is 5.26 Å². The summed E-state index contributed by atoms with van der Waals surface area (Å²) in [5.74, 6) is -0.189. The highest BCUT2D eigenvalue weighted by Gasteiger charge is 2.26. The fourth-order valence-corrected chi connectivity index (χ4v) is 2.45. The Hall–Kier alpha value is -0.930. The van der Waals surface area contributed by atoms with Gasteiger partial charge >= 0.3 is 0 Å². The van der Waals surface area contributed by atoms with Crippen LogP contribution in [0.5, 0.6) is 0 Å². The van der Waals surface area contributed by atoms with Gasteiger partial charge in [-0.2, -0.15) is 5.26 Å². The van der Waals surface area contributed by atoms with Gasteiger partial charge < -0.3 is 0 Å². The zero-order valence-electron chi connectivity index (χ0n) is 9.15. The van der Waals surface area contributed by atoms with Crippen LogP contribution in [0.2, 0.25) is 0 Å². The zero-order valence-corrected chi connectivity index (χ0v) is 9.97. The second-order valence-corrected chi connectivity index (χ2v) is 5.13. The fourth-order valence-electron chi connectivity index (χ4n) is 1.08. The van der Waals surface area contributed by atoms with Crippen LogP contribution in [-0.2, 0) is 14.8 Å². The van der Waals surface area contributed by atoms with Gasteiger partial charge in [-0.05, 0) is 13.3 Å². The van der Waals surface area contributed by atoms with Gasteiger partial charge in [0.1, 0.15) is 5.78 Å². The molecule has 0 fully saturated rings. The molecule has 0 bridgehead atoms. The maximum absolute atomic E-state index is 11.5. The Kier molecular flexibility index (Phi) is 5.47. The molecule has 0 aliphatic carbocycles. The van der Waals surface area contributed by atoms with E-state index in [0.29, 0.717) is 0 Å². The third kappa shape index (κ3) is 3.98. The molecule has 5 nitrogen and oxygen atoms in total. The smallest absolute Gasteiger partial charge is 0.228 e. The number of sulfonamides is 1. The molecular formula is C9H16N2O3S. The van der Waals surface area contributed by atoms with E-state index in [2.05, 4.69) is 4.72 Å². The summed E-state index contributed by atoms with van der Waals surface area (Å²) in [5, 5.41) is 7.52. The molecule has 0 saturated carbocycles. The number of nitrogens with zero attached hydrogens (tertiary/aromatic N) is 1. The summed E-state index contributed by atoms with van der Waals surface area (Å²) >= 11 is 0. The lowest BCUT2D eigenvalue weighted by atomic mass is 10.2. The zero-order chi connectivity index (χ0) is 12.1. The van der Waals surface area contributed by atoms with E-state index in [1.165, 1.54) is 6.92 Å². The highest BCUT2D eigenvalue weighted by Crippen LogP contribution is 2.04. The van der Waals surface area contributed by atoms with Crippen molar-refractivity contribution in [2.75, 3.05) is 0 Å². The van der Waals surface area contributed by atoms with Crippen molar-refractivity contribution in [2.45, 2.75) is 44.9 Å². The standard InChI is InChI=1S/C9H16N2O3S/c1-4-8(6-10)15(13,14)11-7(3)9(12)5-2/h7-8,11H,4-5H2,1-3H3. The molecule has 15 heavy (non-hydrogen) atoms. The number of hydrogen-bond acceptors (Lipinski definition) is 4. The number of ketones is 1. The van der Waals surface area contributed by atoms with Crippen LogP contribution in [0.4, 0.5) is 0 Å². The first-order valence-electron chi connectivity index (χ1n) is 4.82. The van der Waals surface area contributed by atoms with Gasteiger partial charge in [-0.1, -0.05) is 13.8 Å². The van der Waals surface area contributed by atoms with Gasteiger partial charge in [0.2, 0.25) is 10.0 Å². The normalized spacial score (nSPS) is 15.3. The molecule has 0 amide bonds. The largest absolute Gasteiger partial charge is 0.298 e. The predicted molar refractivity (Wildman–Crippen MR) is 56.5 cm³/mol. The summed E-state index contributed by atoms with van der Waals surface area (Å²) in [4.78, 5) is 11.2. The van der Waals surface area contributed by atoms with Gasteiger partial charge in [0.15, 0.2) is 5.25 Å². The molecule has 0 spiro atoms. The molecule has 2 unspecified atom stereocenters. The molecule has 0 aliphatic heterocycles. The van der Waals surface area contributed by atoms with E-state index >= 15 is 0 Å². The van der Waals surface area contributed by atoms with Crippen LogP contribution >= 0.6 is 0 Å². The molecule has 2 atom stereocenters. The number of Topliss-reactive ketones (excluding diaryl/α,β-unsaturated/α-hetero) is 1. The van der Waals surface area contributed by atoms with Gasteiger partial charge in [0.05, 0.1) is 12.1 Å². The van der Waals surface area contributed by atoms with Crippen LogP contribution in [0.1, 0.15) is 33.6 Å². The fraction of sp³-hybridized carbons (Fsp3) is 0.778. The van der Waals surface area contributed by atoms with Gasteiger partial charge in [0.25, 0.3) is 0 Å². The Morgan fingerprint density at radius 1 is 1.47 bits per heavy atom. The monoisotopic (exact) mass is 232 g/mol. The summed E-state index contributed by atoms with van der Waals surface area (Å²) in [6, 6.07) is 0.931. The SMILES string of the molecule is CCC(=O)C(C)NS(=O)(=O)C(C#N)CC. The molecule has 0 saturated heterocycles. The molecular weight excluding hydrogens is 216 g/mol. The van der Waals surface area contributed by atoms with Crippen LogP contribution in [-0.4, -0.2) is 25.5 Å². The lowest BCUT2D eigenvalue weighted by Crippen LogP contribution is -2.42. The van der Waals surface area contributed by atoms with Crippen molar-refractivity contribution in [3.8, 4) is 6.07 Å². The van der Waals surface area contributed by atoms with Crippen LogP contribution < -0.4 is 4.72 Å². The minimum atomic E-state index is -3.71. The summed E-state index contributed by atoms with van der Waals surface area (Å²) in [7, 11) is -3.71. The third-order valence-corrected chi connectivity index (χ3v) is 3.93. The average Bonchev–Trinajstić information content (AvgIpc) is 2.17. The topological polar surface area (TPSA) is 87.0 Å². The second kappa shape index (κ2) is 5.83. The van der Waals surface area contributed by atoms with Gasteiger partial charge in [-0.3, -0.25) is 4.79 Å². The van der Waals surface area contributed by atoms with E-state index < -0.39 is 21.3 Å². The Balaban J connectivity index is 4.66. The number of carbonyl (C=O) groups is 1. The number of hydrogen-bond donors (Lipinski definition) is 1. The number of carbonyl (C=O) groups excluding carboxylic acids is 1. The molecule has 0 rings (SSSR count). The van der Waals surface area contributed by atoms with Gasteiger partial charge in [-0.25, -0.2) is 13.1 Å². The highest BCUT2D eigenvalue weighted by molar-refractivity contribution is 7.90. The van der Waals surface area contributed by atoms with Gasteiger partial charge in [0, 0.05) is 6.42 Å². The molecule has 0 heterocycles. The molecule has 0 aliphatic rings. The number of nitriles is 1. The second-order valence-electron chi connectivity index (χ2n) is 3.23. The Labute approximate surface area is 90.5 Å². The number of rotatable bonds is 6. The van der Waals surface area contributed by atoms with Crippen LogP contribution in [0.3, 0.4) is 0 Å². The van der Waals surface area contributed by atoms with Crippen LogP contribution in [0.25, 0.3) is 0 Å². The average molecular weight is 232 g/mol. The van der Waals surface area contributed by atoms with E-state index in [0.717, 1.165) is 0 Å². The molecule has 1 N–H and O–H groups in total. The summed E-state index contributed by atoms with van der Waals surface area (Å²) in [6.07, 6.45) is 0.478. The maximum Gasteiger partial charge on any atom is 0.228 e.